The third-order valence-electron chi connectivity index (χ3n) is 4.21. The fourth-order valence-corrected chi connectivity index (χ4v) is 2.80. The Hall–Kier alpha value is -1.29. The lowest BCUT2D eigenvalue weighted by molar-refractivity contribution is 0.326. The monoisotopic (exact) mass is 275 g/mol. The molecule has 1 aliphatic heterocycles. The fraction of sp³-hybridized carbons (Fsp3) is 0.688. The van der Waals surface area contributed by atoms with E-state index in [1.165, 1.54) is 32.2 Å². The highest BCUT2D eigenvalue weighted by Crippen LogP contribution is 2.24. The van der Waals surface area contributed by atoms with Gasteiger partial charge in [0.15, 0.2) is 0 Å². The number of pyridine rings is 1. The van der Waals surface area contributed by atoms with Gasteiger partial charge in [-0.1, -0.05) is 6.07 Å². The molecule has 2 aliphatic rings. The summed E-state index contributed by atoms with van der Waals surface area (Å²) in [5.41, 5.74) is 0. The van der Waals surface area contributed by atoms with Crippen LogP contribution < -0.4 is 15.0 Å². The lowest BCUT2D eigenvalue weighted by Gasteiger charge is -2.33. The van der Waals surface area contributed by atoms with Crippen molar-refractivity contribution in [2.75, 3.05) is 31.1 Å². The SMILES string of the molecule is CCOc1cccc(N2CCC(CNC3CC3)CC2)n1. The van der Waals surface area contributed by atoms with Crippen LogP contribution in [0.15, 0.2) is 18.2 Å². The largest absolute Gasteiger partial charge is 0.478 e. The Kier molecular flexibility index (Phi) is 4.41. The molecule has 0 radical (unpaired) electrons. The van der Waals surface area contributed by atoms with Gasteiger partial charge in [0.2, 0.25) is 5.88 Å². The van der Waals surface area contributed by atoms with Crippen molar-refractivity contribution in [1.29, 1.82) is 0 Å². The summed E-state index contributed by atoms with van der Waals surface area (Å²) in [5.74, 6) is 2.63. The Bertz CT molecular complexity index is 425. The first-order chi connectivity index (χ1) is 9.85. The number of nitrogens with zero attached hydrogens (tertiary/aromatic N) is 2. The summed E-state index contributed by atoms with van der Waals surface area (Å²) in [6, 6.07) is 6.89. The topological polar surface area (TPSA) is 37.4 Å². The number of rotatable bonds is 6. The molecule has 0 spiro atoms. The van der Waals surface area contributed by atoms with E-state index in [4.69, 9.17) is 4.74 Å². The van der Waals surface area contributed by atoms with Crippen LogP contribution in [0.5, 0.6) is 5.88 Å². The molecule has 4 heteroatoms. The van der Waals surface area contributed by atoms with Crippen molar-refractivity contribution in [3.05, 3.63) is 18.2 Å². The fourth-order valence-electron chi connectivity index (χ4n) is 2.80. The molecule has 3 rings (SSSR count). The van der Waals surface area contributed by atoms with Gasteiger partial charge in [-0.25, -0.2) is 0 Å². The van der Waals surface area contributed by atoms with E-state index in [0.717, 1.165) is 36.7 Å². The van der Waals surface area contributed by atoms with Crippen molar-refractivity contribution in [2.24, 2.45) is 5.92 Å². The molecule has 0 unspecified atom stereocenters. The third-order valence-corrected chi connectivity index (χ3v) is 4.21. The molecule has 1 aromatic rings. The second-order valence-corrected chi connectivity index (χ2v) is 5.88. The van der Waals surface area contributed by atoms with Crippen LogP contribution in [0, 0.1) is 5.92 Å². The lowest BCUT2D eigenvalue weighted by atomic mass is 9.97. The van der Waals surface area contributed by atoms with Crippen molar-refractivity contribution in [2.45, 2.75) is 38.6 Å². The van der Waals surface area contributed by atoms with Crippen LogP contribution >= 0.6 is 0 Å². The molecule has 20 heavy (non-hydrogen) atoms. The molecule has 110 valence electrons. The number of ether oxygens (including phenoxy) is 1. The highest BCUT2D eigenvalue weighted by molar-refractivity contribution is 5.41. The van der Waals surface area contributed by atoms with Crippen molar-refractivity contribution in [3.63, 3.8) is 0 Å². The van der Waals surface area contributed by atoms with E-state index in [0.29, 0.717) is 6.61 Å². The predicted molar refractivity (Wildman–Crippen MR) is 81.4 cm³/mol. The van der Waals surface area contributed by atoms with E-state index in [1.54, 1.807) is 0 Å². The summed E-state index contributed by atoms with van der Waals surface area (Å²) in [6.07, 6.45) is 5.29. The van der Waals surface area contributed by atoms with E-state index in [9.17, 15) is 0 Å². The number of anilines is 1. The first-order valence-corrected chi connectivity index (χ1v) is 7.93. The van der Waals surface area contributed by atoms with Gasteiger partial charge in [-0.15, -0.1) is 0 Å². The molecule has 0 bridgehead atoms. The average Bonchev–Trinajstić information content (AvgIpc) is 3.31. The Labute approximate surface area is 121 Å². The molecular formula is C16H25N3O. The van der Waals surface area contributed by atoms with Crippen LogP contribution in [0.25, 0.3) is 0 Å². The van der Waals surface area contributed by atoms with Crippen LogP contribution in [-0.2, 0) is 0 Å². The molecule has 2 fully saturated rings. The molecule has 1 saturated carbocycles. The second kappa shape index (κ2) is 6.44. The van der Waals surface area contributed by atoms with E-state index in [2.05, 4.69) is 21.3 Å². The highest BCUT2D eigenvalue weighted by Gasteiger charge is 2.24. The van der Waals surface area contributed by atoms with E-state index in [-0.39, 0.29) is 0 Å². The maximum atomic E-state index is 5.48. The van der Waals surface area contributed by atoms with Crippen LogP contribution in [-0.4, -0.2) is 37.3 Å². The number of nitrogens with one attached hydrogen (secondary N) is 1. The Morgan fingerprint density at radius 3 is 2.75 bits per heavy atom. The van der Waals surface area contributed by atoms with Crippen LogP contribution in [0.4, 0.5) is 5.82 Å². The van der Waals surface area contributed by atoms with Crippen molar-refractivity contribution < 1.29 is 4.74 Å². The van der Waals surface area contributed by atoms with Gasteiger partial charge in [-0.3, -0.25) is 0 Å². The summed E-state index contributed by atoms with van der Waals surface area (Å²) in [7, 11) is 0. The van der Waals surface area contributed by atoms with Crippen LogP contribution in [0.2, 0.25) is 0 Å². The molecule has 1 aromatic heterocycles. The number of hydrogen-bond acceptors (Lipinski definition) is 4. The van der Waals surface area contributed by atoms with Gasteiger partial charge in [0, 0.05) is 25.2 Å². The molecule has 0 aromatic carbocycles. The summed E-state index contributed by atoms with van der Waals surface area (Å²) in [5, 5.41) is 3.65. The minimum atomic E-state index is 0.672. The summed E-state index contributed by atoms with van der Waals surface area (Å²) in [6.45, 7) is 6.09. The first kappa shape index (κ1) is 13.7. The highest BCUT2D eigenvalue weighted by atomic mass is 16.5. The molecule has 2 heterocycles. The van der Waals surface area contributed by atoms with Crippen molar-refractivity contribution in [1.82, 2.24) is 10.3 Å². The maximum absolute atomic E-state index is 5.48. The Balaban J connectivity index is 1.50. The van der Waals surface area contributed by atoms with Crippen molar-refractivity contribution in [3.8, 4) is 5.88 Å². The molecule has 1 N–H and O–H groups in total. The minimum Gasteiger partial charge on any atom is -0.478 e. The van der Waals surface area contributed by atoms with Gasteiger partial charge in [0.05, 0.1) is 6.61 Å². The van der Waals surface area contributed by atoms with Gasteiger partial charge in [0.1, 0.15) is 5.82 Å². The lowest BCUT2D eigenvalue weighted by Crippen LogP contribution is -2.38. The van der Waals surface area contributed by atoms with Gasteiger partial charge in [-0.2, -0.15) is 4.98 Å². The summed E-state index contributed by atoms with van der Waals surface area (Å²) >= 11 is 0. The van der Waals surface area contributed by atoms with E-state index in [1.807, 2.05) is 19.1 Å². The van der Waals surface area contributed by atoms with Gasteiger partial charge >= 0.3 is 0 Å². The molecule has 1 aliphatic carbocycles. The summed E-state index contributed by atoms with van der Waals surface area (Å²) in [4.78, 5) is 6.97. The van der Waals surface area contributed by atoms with Crippen LogP contribution in [0.1, 0.15) is 32.6 Å². The summed E-state index contributed by atoms with van der Waals surface area (Å²) < 4.78 is 5.48. The Morgan fingerprint density at radius 2 is 2.05 bits per heavy atom. The van der Waals surface area contributed by atoms with Crippen LogP contribution in [0.3, 0.4) is 0 Å². The minimum absolute atomic E-state index is 0.672. The van der Waals surface area contributed by atoms with Crippen molar-refractivity contribution >= 4 is 5.82 Å². The number of piperidine rings is 1. The zero-order valence-electron chi connectivity index (χ0n) is 12.3. The molecule has 0 atom stereocenters. The predicted octanol–water partition coefficient (Wildman–Crippen LogP) is 2.45. The normalized spacial score (nSPS) is 20.1. The molecule has 0 amide bonds. The average molecular weight is 275 g/mol. The number of hydrogen-bond donors (Lipinski definition) is 1. The van der Waals surface area contributed by atoms with Gasteiger partial charge < -0.3 is 15.0 Å². The second-order valence-electron chi connectivity index (χ2n) is 5.88. The van der Waals surface area contributed by atoms with Gasteiger partial charge in [-0.05, 0) is 51.1 Å². The smallest absolute Gasteiger partial charge is 0.215 e. The van der Waals surface area contributed by atoms with Gasteiger partial charge in [0.25, 0.3) is 0 Å². The van der Waals surface area contributed by atoms with E-state index >= 15 is 0 Å². The molecular weight excluding hydrogens is 250 g/mol. The first-order valence-electron chi connectivity index (χ1n) is 7.93. The Morgan fingerprint density at radius 1 is 1.25 bits per heavy atom. The zero-order valence-corrected chi connectivity index (χ0v) is 12.3. The molecule has 4 nitrogen and oxygen atoms in total. The van der Waals surface area contributed by atoms with E-state index < -0.39 is 0 Å². The maximum Gasteiger partial charge on any atom is 0.215 e. The zero-order chi connectivity index (χ0) is 13.8. The third kappa shape index (κ3) is 3.63. The molecule has 1 saturated heterocycles. The standard InChI is InChI=1S/C16H25N3O/c1-2-20-16-5-3-4-15(18-16)19-10-8-13(9-11-19)12-17-14-6-7-14/h3-5,13-14,17H,2,6-12H2,1H3. The quantitative estimate of drug-likeness (QED) is 0.865. The number of aromatic nitrogens is 1.